The van der Waals surface area contributed by atoms with E-state index >= 15 is 0 Å². The van der Waals surface area contributed by atoms with Crippen molar-refractivity contribution in [3.63, 3.8) is 0 Å². The van der Waals surface area contributed by atoms with E-state index in [1.54, 1.807) is 0 Å². The zero-order valence-electron chi connectivity index (χ0n) is 30.7. The third kappa shape index (κ3) is 10.1. The minimum Gasteiger partial charge on any atom is -0.457 e. The van der Waals surface area contributed by atoms with Gasteiger partial charge in [-0.1, -0.05) is 91.0 Å². The number of hydrogen-bond acceptors (Lipinski definition) is 12. The van der Waals surface area contributed by atoms with Crippen molar-refractivity contribution in [2.24, 2.45) is 0 Å². The summed E-state index contributed by atoms with van der Waals surface area (Å²) in [6.45, 7) is 4.51. The van der Waals surface area contributed by atoms with Gasteiger partial charge in [-0.05, 0) is 11.1 Å². The highest BCUT2D eigenvalue weighted by atomic mass is 16.8. The van der Waals surface area contributed by atoms with Crippen LogP contribution in [0.4, 0.5) is 0 Å². The van der Waals surface area contributed by atoms with Crippen molar-refractivity contribution in [1.82, 2.24) is 10.6 Å². The minimum atomic E-state index is -1.21. The second-order valence-corrected chi connectivity index (χ2v) is 13.4. The summed E-state index contributed by atoms with van der Waals surface area (Å²) in [4.78, 5) is 38.0. The largest absolute Gasteiger partial charge is 0.457 e. The van der Waals surface area contributed by atoms with E-state index < -0.39 is 79.5 Å². The quantitative estimate of drug-likeness (QED) is 0.232. The number of benzene rings is 3. The molecule has 0 aliphatic carbocycles. The van der Waals surface area contributed by atoms with Gasteiger partial charge in [-0.15, -0.1) is 0 Å². The van der Waals surface area contributed by atoms with Crippen LogP contribution < -0.4 is 10.6 Å². The molecule has 14 heteroatoms. The van der Waals surface area contributed by atoms with Gasteiger partial charge >= 0.3 is 5.97 Å². The van der Waals surface area contributed by atoms with Crippen molar-refractivity contribution in [3.8, 4) is 0 Å². The van der Waals surface area contributed by atoms with Crippen molar-refractivity contribution in [2.45, 2.75) is 102 Å². The molecule has 3 fully saturated rings. The number of rotatable bonds is 14. The number of methoxy groups -OCH3 is 1. The lowest BCUT2D eigenvalue weighted by molar-refractivity contribution is -0.369. The lowest BCUT2D eigenvalue weighted by Crippen LogP contribution is -2.70. The van der Waals surface area contributed by atoms with E-state index in [4.69, 9.17) is 42.6 Å². The number of carbonyl (C=O) groups is 3. The van der Waals surface area contributed by atoms with Gasteiger partial charge in [0.25, 0.3) is 0 Å². The Labute approximate surface area is 314 Å². The van der Waals surface area contributed by atoms with Crippen LogP contribution in [-0.4, -0.2) is 99.4 Å². The fourth-order valence-corrected chi connectivity index (χ4v) is 6.97. The first-order valence-electron chi connectivity index (χ1n) is 18.0. The summed E-state index contributed by atoms with van der Waals surface area (Å²) in [6.07, 6.45) is -8.34. The molecule has 14 nitrogen and oxygen atoms in total. The maximum atomic E-state index is 12.9. The normalized spacial score (nSPS) is 30.8. The van der Waals surface area contributed by atoms with Crippen LogP contribution in [0.3, 0.4) is 0 Å². The minimum absolute atomic E-state index is 0.0214. The molecule has 0 bridgehead atoms. The SMILES string of the molecule is CO[C@@H]1O[C@H](COCc2ccccc2)[C@@H](O[C@@H]2O[C@@H]3CO[C@@H](c4ccccc4)O[C@H]3[C@H](OCc3ccccc3)[C@H]2NC(C)=O)[C@H](OC(C)=O)[C@H]1NC(C)=O. The van der Waals surface area contributed by atoms with Gasteiger partial charge in [0.05, 0.1) is 26.4 Å². The molecule has 0 unspecified atom stereocenters. The van der Waals surface area contributed by atoms with Gasteiger partial charge in [-0.3, -0.25) is 14.4 Å². The lowest BCUT2D eigenvalue weighted by Gasteiger charge is -2.51. The third-order valence-electron chi connectivity index (χ3n) is 9.30. The number of carbonyl (C=O) groups excluding carboxylic acids is 3. The zero-order valence-corrected chi connectivity index (χ0v) is 30.7. The Bertz CT molecular complexity index is 1650. The van der Waals surface area contributed by atoms with Gasteiger partial charge in [-0.2, -0.15) is 0 Å². The van der Waals surface area contributed by atoms with Crippen LogP contribution in [0.2, 0.25) is 0 Å². The van der Waals surface area contributed by atoms with E-state index in [1.807, 2.05) is 91.0 Å². The molecule has 3 heterocycles. The van der Waals surface area contributed by atoms with Crippen molar-refractivity contribution in [2.75, 3.05) is 20.3 Å². The summed E-state index contributed by atoms with van der Waals surface area (Å²) < 4.78 is 56.8. The topological polar surface area (TPSA) is 158 Å². The third-order valence-corrected chi connectivity index (χ3v) is 9.30. The summed E-state index contributed by atoms with van der Waals surface area (Å²) in [5, 5.41) is 5.79. The molecule has 0 spiro atoms. The fraction of sp³-hybridized carbons (Fsp3) is 0.475. The standard InChI is InChI=1S/C40H48N2O12/c1-24(43)41-32-36(48-21-28-16-10-6-11-17-28)34-31(23-49-38(53-34)29-18-12-7-13-19-29)52-40(32)54-35-30(22-47-20-27-14-8-5-9-15-27)51-39(46-4)33(42-25(2)44)37(35)50-26(3)45/h5-19,30-40H,20-23H2,1-4H3,(H,41,43)(H,42,44)/t30-,31-,32-,33-,34-,35-,36-,37-,38-,39-,40+/m1/s1. The molecule has 3 aromatic rings. The van der Waals surface area contributed by atoms with Crippen LogP contribution >= 0.6 is 0 Å². The number of ether oxygens (including phenoxy) is 9. The second kappa shape index (κ2) is 18.9. The van der Waals surface area contributed by atoms with Crippen molar-refractivity contribution in [1.29, 1.82) is 0 Å². The highest BCUT2D eigenvalue weighted by Crippen LogP contribution is 2.38. The first-order chi connectivity index (χ1) is 26.2. The molecule has 3 aromatic carbocycles. The zero-order chi connectivity index (χ0) is 38.0. The van der Waals surface area contributed by atoms with Crippen molar-refractivity contribution >= 4 is 17.8 Å². The number of hydrogen-bond donors (Lipinski definition) is 2. The molecule has 3 aliphatic heterocycles. The summed E-state index contributed by atoms with van der Waals surface area (Å²) in [6, 6.07) is 26.8. The van der Waals surface area contributed by atoms with Crippen molar-refractivity contribution in [3.05, 3.63) is 108 Å². The number of fused-ring (bicyclic) bond motifs is 1. The average Bonchev–Trinajstić information content (AvgIpc) is 3.17. The Balaban J connectivity index is 1.34. The van der Waals surface area contributed by atoms with Crippen LogP contribution in [0.15, 0.2) is 91.0 Å². The molecule has 2 amide bonds. The maximum absolute atomic E-state index is 12.9. The molecule has 11 atom stereocenters. The van der Waals surface area contributed by atoms with Gasteiger partial charge in [0.15, 0.2) is 25.0 Å². The Morgan fingerprint density at radius 2 is 1.30 bits per heavy atom. The van der Waals surface area contributed by atoms with Gasteiger partial charge in [0.2, 0.25) is 11.8 Å². The highest BCUT2D eigenvalue weighted by molar-refractivity contribution is 5.74. The smallest absolute Gasteiger partial charge is 0.303 e. The Hall–Kier alpha value is -4.25. The highest BCUT2D eigenvalue weighted by Gasteiger charge is 2.56. The molecule has 0 saturated carbocycles. The monoisotopic (exact) mass is 748 g/mol. The molecule has 54 heavy (non-hydrogen) atoms. The molecule has 6 rings (SSSR count). The predicted molar refractivity (Wildman–Crippen MR) is 191 cm³/mol. The molecule has 0 radical (unpaired) electrons. The van der Waals surface area contributed by atoms with Gasteiger partial charge in [0, 0.05) is 33.4 Å². The molecule has 3 saturated heterocycles. The van der Waals surface area contributed by atoms with E-state index in [9.17, 15) is 14.4 Å². The summed E-state index contributed by atoms with van der Waals surface area (Å²) in [5.74, 6) is -1.41. The molecule has 2 N–H and O–H groups in total. The molecular weight excluding hydrogens is 700 g/mol. The Morgan fingerprint density at radius 1 is 0.704 bits per heavy atom. The van der Waals surface area contributed by atoms with Gasteiger partial charge < -0.3 is 53.3 Å². The predicted octanol–water partition coefficient (Wildman–Crippen LogP) is 3.33. The lowest BCUT2D eigenvalue weighted by atomic mass is 9.93. The van der Waals surface area contributed by atoms with Crippen LogP contribution in [0.5, 0.6) is 0 Å². The Morgan fingerprint density at radius 3 is 1.89 bits per heavy atom. The first kappa shape index (κ1) is 39.4. The van der Waals surface area contributed by atoms with E-state index in [0.717, 1.165) is 16.7 Å². The molecular formula is C40H48N2O12. The summed E-state index contributed by atoms with van der Waals surface area (Å²) >= 11 is 0. The second-order valence-electron chi connectivity index (χ2n) is 13.4. The van der Waals surface area contributed by atoms with Crippen LogP contribution in [0.1, 0.15) is 43.8 Å². The summed E-state index contributed by atoms with van der Waals surface area (Å²) in [5.41, 5.74) is 2.64. The number of esters is 1. The van der Waals surface area contributed by atoms with E-state index in [2.05, 4.69) is 10.6 Å². The first-order valence-corrected chi connectivity index (χ1v) is 18.0. The van der Waals surface area contributed by atoms with Crippen LogP contribution in [-0.2, 0) is 70.2 Å². The molecule has 290 valence electrons. The number of amides is 2. The van der Waals surface area contributed by atoms with Gasteiger partial charge in [0.1, 0.15) is 42.6 Å². The van der Waals surface area contributed by atoms with E-state index in [0.29, 0.717) is 0 Å². The van der Waals surface area contributed by atoms with E-state index in [-0.39, 0.29) is 32.3 Å². The summed E-state index contributed by atoms with van der Waals surface area (Å²) in [7, 11) is 1.42. The maximum Gasteiger partial charge on any atom is 0.303 e. The Kier molecular flexibility index (Phi) is 13.8. The number of nitrogens with one attached hydrogen (secondary N) is 2. The van der Waals surface area contributed by atoms with Crippen molar-refractivity contribution < 1.29 is 57.0 Å². The molecule has 0 aromatic heterocycles. The fourth-order valence-electron chi connectivity index (χ4n) is 6.97. The van der Waals surface area contributed by atoms with Crippen LogP contribution in [0, 0.1) is 0 Å². The van der Waals surface area contributed by atoms with Gasteiger partial charge in [-0.25, -0.2) is 0 Å². The average molecular weight is 749 g/mol. The molecule has 3 aliphatic rings. The van der Waals surface area contributed by atoms with Crippen LogP contribution in [0.25, 0.3) is 0 Å². The van der Waals surface area contributed by atoms with E-state index in [1.165, 1.54) is 27.9 Å².